The molecule has 0 aliphatic heterocycles. The molecule has 0 spiro atoms. The Morgan fingerprint density at radius 3 is 2.07 bits per heavy atom. The summed E-state index contributed by atoms with van der Waals surface area (Å²) < 4.78 is 0. The molecule has 2 bridgehead atoms. The standard InChI is InChI=1S/C10H17.C2H4O2.Pd/c1-7-4-5-8-6-9(7)10(8,2)3;1-2(3)4;/h7-8H,4-6H2,1-3H3;1H3,(H,3,4);/q-1;;. The Labute approximate surface area is 106 Å². The Morgan fingerprint density at radius 1 is 1.40 bits per heavy atom. The molecule has 1 N–H and O–H groups in total. The van der Waals surface area contributed by atoms with Crippen molar-refractivity contribution in [2.24, 2.45) is 17.3 Å². The zero-order valence-electron chi connectivity index (χ0n) is 9.95. The second-order valence-electron chi connectivity index (χ2n) is 5.15. The van der Waals surface area contributed by atoms with E-state index in [1.54, 1.807) is 0 Å². The van der Waals surface area contributed by atoms with Crippen molar-refractivity contribution in [1.29, 1.82) is 0 Å². The van der Waals surface area contributed by atoms with Gasteiger partial charge < -0.3 is 11.0 Å². The van der Waals surface area contributed by atoms with Crippen LogP contribution in [0.4, 0.5) is 0 Å². The largest absolute Gasteiger partial charge is 0.481 e. The second kappa shape index (κ2) is 5.46. The van der Waals surface area contributed by atoms with Crippen LogP contribution in [0.25, 0.3) is 0 Å². The topological polar surface area (TPSA) is 37.3 Å². The molecule has 3 rings (SSSR count). The van der Waals surface area contributed by atoms with Gasteiger partial charge in [0.15, 0.2) is 0 Å². The van der Waals surface area contributed by atoms with E-state index < -0.39 is 5.97 Å². The van der Waals surface area contributed by atoms with Crippen LogP contribution in [-0.4, -0.2) is 11.1 Å². The van der Waals surface area contributed by atoms with Crippen molar-refractivity contribution in [1.82, 2.24) is 0 Å². The number of hydrogen-bond donors (Lipinski definition) is 1. The van der Waals surface area contributed by atoms with Crippen molar-refractivity contribution in [3.63, 3.8) is 0 Å². The third-order valence-electron chi connectivity index (χ3n) is 3.86. The van der Waals surface area contributed by atoms with Gasteiger partial charge in [0.1, 0.15) is 0 Å². The fourth-order valence-electron chi connectivity index (χ4n) is 2.84. The Bertz CT molecular complexity index is 220. The first-order valence-corrected chi connectivity index (χ1v) is 5.41. The van der Waals surface area contributed by atoms with Crippen LogP contribution >= 0.6 is 0 Å². The predicted octanol–water partition coefficient (Wildman–Crippen LogP) is 3.13. The van der Waals surface area contributed by atoms with Crippen LogP contribution < -0.4 is 0 Å². The zero-order valence-corrected chi connectivity index (χ0v) is 11.5. The van der Waals surface area contributed by atoms with Gasteiger partial charge in [0.2, 0.25) is 0 Å². The van der Waals surface area contributed by atoms with Crippen LogP contribution in [0.3, 0.4) is 0 Å². The fourth-order valence-corrected chi connectivity index (χ4v) is 2.84. The normalized spacial score (nSPS) is 31.5. The molecule has 15 heavy (non-hydrogen) atoms. The molecule has 0 aromatic carbocycles. The van der Waals surface area contributed by atoms with E-state index in [0.717, 1.165) is 18.8 Å². The van der Waals surface area contributed by atoms with Gasteiger partial charge in [0.05, 0.1) is 0 Å². The molecule has 2 atom stereocenters. The summed E-state index contributed by atoms with van der Waals surface area (Å²) in [5.74, 6) is 2.99. The maximum Gasteiger partial charge on any atom is 0.300 e. The van der Waals surface area contributed by atoms with Crippen LogP contribution in [0.15, 0.2) is 0 Å². The van der Waals surface area contributed by atoms with Crippen LogP contribution in [0.1, 0.15) is 47.0 Å². The molecule has 0 aromatic rings. The van der Waals surface area contributed by atoms with E-state index in [1.807, 2.05) is 5.92 Å². The monoisotopic (exact) mass is 303 g/mol. The first kappa shape index (κ1) is 15.1. The van der Waals surface area contributed by atoms with E-state index in [1.165, 1.54) is 19.3 Å². The molecule has 2 nitrogen and oxygen atoms in total. The van der Waals surface area contributed by atoms with Crippen molar-refractivity contribution < 1.29 is 30.3 Å². The Balaban J connectivity index is 0.000000346. The van der Waals surface area contributed by atoms with E-state index in [9.17, 15) is 0 Å². The molecular weight excluding hydrogens is 283 g/mol. The van der Waals surface area contributed by atoms with Crippen LogP contribution in [-0.2, 0) is 25.2 Å². The summed E-state index contributed by atoms with van der Waals surface area (Å²) in [6.45, 7) is 8.32. The molecular formula is C12H21O2Pd-. The summed E-state index contributed by atoms with van der Waals surface area (Å²) in [6, 6.07) is 0. The van der Waals surface area contributed by atoms with Crippen LogP contribution in [0, 0.1) is 23.2 Å². The predicted molar refractivity (Wildman–Crippen MR) is 56.8 cm³/mol. The number of carboxylic acid groups (broad SMARTS) is 1. The molecule has 3 saturated carbocycles. The summed E-state index contributed by atoms with van der Waals surface area (Å²) in [6.07, 6.45) is 4.40. The Kier molecular flexibility index (Phi) is 5.51. The average Bonchev–Trinajstić information content (AvgIpc) is 2.02. The summed E-state index contributed by atoms with van der Waals surface area (Å²) in [5.41, 5.74) is 0.623. The number of hydrogen-bond acceptors (Lipinski definition) is 1. The molecule has 92 valence electrons. The van der Waals surface area contributed by atoms with Gasteiger partial charge in [0.25, 0.3) is 5.97 Å². The average molecular weight is 304 g/mol. The molecule has 3 aliphatic rings. The van der Waals surface area contributed by atoms with Gasteiger partial charge >= 0.3 is 0 Å². The number of rotatable bonds is 0. The van der Waals surface area contributed by atoms with Crippen LogP contribution in [0.2, 0.25) is 0 Å². The van der Waals surface area contributed by atoms with Gasteiger partial charge in [-0.25, -0.2) is 0 Å². The summed E-state index contributed by atoms with van der Waals surface area (Å²) in [5, 5.41) is 7.42. The Hall–Kier alpha value is 0.132. The minimum Gasteiger partial charge on any atom is -0.481 e. The SMILES string of the molecule is CC(=O)O.CC1CCC2C[C-]1C2(C)C.[Pd]. The number of fused-ring (bicyclic) bond motifs is 2. The van der Waals surface area contributed by atoms with Gasteiger partial charge in [-0.2, -0.15) is 17.8 Å². The number of carbonyl (C=O) groups is 1. The molecule has 3 heteroatoms. The first-order valence-electron chi connectivity index (χ1n) is 5.41. The fraction of sp³-hybridized carbons (Fsp3) is 0.833. The zero-order chi connectivity index (χ0) is 10.9. The van der Waals surface area contributed by atoms with Crippen molar-refractivity contribution in [2.45, 2.75) is 47.0 Å². The third-order valence-corrected chi connectivity index (χ3v) is 3.86. The number of aliphatic carboxylic acids is 1. The van der Waals surface area contributed by atoms with Crippen molar-refractivity contribution in [2.75, 3.05) is 0 Å². The molecule has 0 heterocycles. The van der Waals surface area contributed by atoms with E-state index in [0.29, 0.717) is 5.41 Å². The minimum absolute atomic E-state index is 0. The van der Waals surface area contributed by atoms with Crippen molar-refractivity contribution in [3.8, 4) is 0 Å². The van der Waals surface area contributed by atoms with Crippen molar-refractivity contribution >= 4 is 5.97 Å². The van der Waals surface area contributed by atoms with Crippen molar-refractivity contribution in [3.05, 3.63) is 5.92 Å². The third kappa shape index (κ3) is 3.29. The molecule has 0 saturated heterocycles. The summed E-state index contributed by atoms with van der Waals surface area (Å²) >= 11 is 0. The smallest absolute Gasteiger partial charge is 0.300 e. The van der Waals surface area contributed by atoms with E-state index in [4.69, 9.17) is 9.90 Å². The quantitative estimate of drug-likeness (QED) is 0.551. The van der Waals surface area contributed by atoms with E-state index >= 15 is 0 Å². The van der Waals surface area contributed by atoms with E-state index in [-0.39, 0.29) is 20.4 Å². The van der Waals surface area contributed by atoms with Gasteiger partial charge in [-0.3, -0.25) is 4.79 Å². The summed E-state index contributed by atoms with van der Waals surface area (Å²) in [7, 11) is 0. The first-order chi connectivity index (χ1) is 6.35. The molecule has 2 unspecified atom stereocenters. The molecule has 0 amide bonds. The van der Waals surface area contributed by atoms with Crippen LogP contribution in [0.5, 0.6) is 0 Å². The molecule has 0 radical (unpaired) electrons. The summed E-state index contributed by atoms with van der Waals surface area (Å²) in [4.78, 5) is 9.00. The maximum atomic E-state index is 9.00. The Morgan fingerprint density at radius 2 is 1.87 bits per heavy atom. The molecule has 3 aliphatic carbocycles. The second-order valence-corrected chi connectivity index (χ2v) is 5.15. The van der Waals surface area contributed by atoms with Gasteiger partial charge in [-0.1, -0.05) is 39.5 Å². The van der Waals surface area contributed by atoms with Gasteiger partial charge in [-0.05, 0) is 0 Å². The molecule has 3 fully saturated rings. The van der Waals surface area contributed by atoms with Gasteiger partial charge in [-0.15, -0.1) is 0 Å². The van der Waals surface area contributed by atoms with Gasteiger partial charge in [0, 0.05) is 27.3 Å². The van der Waals surface area contributed by atoms with E-state index in [2.05, 4.69) is 20.8 Å². The molecule has 0 aromatic heterocycles. The maximum absolute atomic E-state index is 9.00. The minimum atomic E-state index is -0.833. The number of carboxylic acids is 1.